The van der Waals surface area contributed by atoms with Crippen LogP contribution in [0.5, 0.6) is 5.75 Å². The Bertz CT molecular complexity index is 775. The van der Waals surface area contributed by atoms with Gasteiger partial charge in [0.05, 0.1) is 6.10 Å². The Morgan fingerprint density at radius 1 is 1.21 bits per heavy atom. The molecule has 2 aromatic carbocycles. The van der Waals surface area contributed by atoms with Crippen molar-refractivity contribution in [3.05, 3.63) is 64.7 Å². The second-order valence-corrected chi connectivity index (χ2v) is 9.68. The zero-order valence-electron chi connectivity index (χ0n) is 15.6. The minimum atomic E-state index is -3.18. The summed E-state index contributed by atoms with van der Waals surface area (Å²) >= 11 is 5.96. The fraction of sp³-hybridized carbons (Fsp3) is 0.400. The van der Waals surface area contributed by atoms with Crippen LogP contribution in [0, 0.1) is 0 Å². The Labute approximate surface area is 184 Å². The topological polar surface area (TPSA) is 78.8 Å². The monoisotopic (exact) mass is 419 g/mol. The van der Waals surface area contributed by atoms with Crippen molar-refractivity contribution in [2.75, 3.05) is 19.1 Å². The Balaban J connectivity index is 0.00000392. The SMILES string of the molecule is CC[P@](=O)(O)COc1ccc(CC(C)NCC(O)c2cccc(Cl)c2)cc1.[LiH]. The summed E-state index contributed by atoms with van der Waals surface area (Å²) in [5, 5.41) is 14.2. The molecule has 5 nitrogen and oxygen atoms in total. The third-order valence-electron chi connectivity index (χ3n) is 4.29. The number of rotatable bonds is 10. The van der Waals surface area contributed by atoms with Crippen LogP contribution in [0.2, 0.25) is 5.02 Å². The van der Waals surface area contributed by atoms with Gasteiger partial charge in [0, 0.05) is 23.8 Å². The van der Waals surface area contributed by atoms with E-state index in [1.165, 1.54) is 0 Å². The van der Waals surface area contributed by atoms with Gasteiger partial charge in [0.2, 0.25) is 7.37 Å². The zero-order valence-corrected chi connectivity index (χ0v) is 17.3. The van der Waals surface area contributed by atoms with E-state index < -0.39 is 13.5 Å². The average molecular weight is 420 g/mol. The maximum atomic E-state index is 11.6. The quantitative estimate of drug-likeness (QED) is 0.405. The molecule has 8 heteroatoms. The van der Waals surface area contributed by atoms with Crippen molar-refractivity contribution >= 4 is 37.8 Å². The molecule has 0 fully saturated rings. The van der Waals surface area contributed by atoms with Crippen LogP contribution in [0.4, 0.5) is 0 Å². The first-order chi connectivity index (χ1) is 12.8. The predicted octanol–water partition coefficient (Wildman–Crippen LogP) is 3.57. The molecule has 3 N–H and O–H groups in total. The Morgan fingerprint density at radius 3 is 2.50 bits per heavy atom. The molecule has 2 rings (SSSR count). The fourth-order valence-corrected chi connectivity index (χ4v) is 3.29. The van der Waals surface area contributed by atoms with Crippen LogP contribution in [0.15, 0.2) is 48.5 Å². The molecule has 0 aromatic heterocycles. The van der Waals surface area contributed by atoms with Crippen molar-refractivity contribution in [1.82, 2.24) is 5.32 Å². The molecule has 0 aliphatic carbocycles. The first kappa shape index (κ1) is 25.3. The van der Waals surface area contributed by atoms with Crippen LogP contribution in [0.1, 0.15) is 31.1 Å². The number of ether oxygens (including phenoxy) is 1. The maximum absolute atomic E-state index is 11.6. The van der Waals surface area contributed by atoms with Gasteiger partial charge in [-0.2, -0.15) is 0 Å². The summed E-state index contributed by atoms with van der Waals surface area (Å²) in [7, 11) is -3.18. The Kier molecular flexibility index (Phi) is 10.9. The van der Waals surface area contributed by atoms with Crippen molar-refractivity contribution < 1.29 is 19.3 Å². The van der Waals surface area contributed by atoms with Gasteiger partial charge in [-0.25, -0.2) is 0 Å². The standard InChI is InChI=1S/C20H27ClNO4P.Li.H/c1-3-27(24,25)14-26-19-9-7-16(8-10-19)11-15(2)22-13-20(23)17-5-4-6-18(21)12-17;;/h4-10,12,15,20,22-23H,3,11,13-14H2,1-2H3,(H,24,25);;. The van der Waals surface area contributed by atoms with Gasteiger partial charge in [0.25, 0.3) is 0 Å². The van der Waals surface area contributed by atoms with E-state index in [0.717, 1.165) is 17.5 Å². The molecule has 150 valence electrons. The van der Waals surface area contributed by atoms with Gasteiger partial charge in [-0.15, -0.1) is 0 Å². The molecule has 0 spiro atoms. The molecule has 0 saturated heterocycles. The van der Waals surface area contributed by atoms with E-state index in [1.54, 1.807) is 31.2 Å². The van der Waals surface area contributed by atoms with Gasteiger partial charge in [0.1, 0.15) is 5.75 Å². The molecule has 0 radical (unpaired) electrons. The molecule has 0 amide bonds. The summed E-state index contributed by atoms with van der Waals surface area (Å²) in [4.78, 5) is 9.55. The van der Waals surface area contributed by atoms with Gasteiger partial charge >= 0.3 is 18.9 Å². The van der Waals surface area contributed by atoms with Crippen LogP contribution >= 0.6 is 19.0 Å². The normalized spacial score (nSPS) is 15.2. The summed E-state index contributed by atoms with van der Waals surface area (Å²) < 4.78 is 17.0. The zero-order chi connectivity index (χ0) is 19.9. The second kappa shape index (κ2) is 12.1. The third-order valence-corrected chi connectivity index (χ3v) is 6.04. The first-order valence-electron chi connectivity index (χ1n) is 8.98. The van der Waals surface area contributed by atoms with E-state index in [1.807, 2.05) is 24.3 Å². The molecule has 0 bridgehead atoms. The Hall–Kier alpha value is -0.763. The van der Waals surface area contributed by atoms with E-state index in [0.29, 0.717) is 17.3 Å². The number of hydrogen-bond donors (Lipinski definition) is 3. The molecule has 0 aliphatic heterocycles. The second-order valence-electron chi connectivity index (χ2n) is 6.66. The molecule has 0 saturated carbocycles. The molecule has 2 unspecified atom stereocenters. The van der Waals surface area contributed by atoms with Crippen molar-refractivity contribution in [2.45, 2.75) is 32.4 Å². The number of benzene rings is 2. The van der Waals surface area contributed by atoms with E-state index in [4.69, 9.17) is 16.3 Å². The number of aliphatic hydroxyl groups excluding tert-OH is 1. The van der Waals surface area contributed by atoms with E-state index in [2.05, 4.69) is 12.2 Å². The van der Waals surface area contributed by atoms with Gasteiger partial charge in [0.15, 0.2) is 6.35 Å². The summed E-state index contributed by atoms with van der Waals surface area (Å²) in [6.45, 7) is 4.16. The van der Waals surface area contributed by atoms with Crippen molar-refractivity contribution in [2.24, 2.45) is 0 Å². The minimum absolute atomic E-state index is 0. The van der Waals surface area contributed by atoms with Crippen LogP contribution in [-0.4, -0.2) is 54.0 Å². The average Bonchev–Trinajstić information content (AvgIpc) is 2.65. The van der Waals surface area contributed by atoms with Crippen LogP contribution < -0.4 is 10.1 Å². The van der Waals surface area contributed by atoms with Crippen LogP contribution in [0.3, 0.4) is 0 Å². The molecular weight excluding hydrogens is 392 g/mol. The van der Waals surface area contributed by atoms with E-state index in [9.17, 15) is 14.6 Å². The summed E-state index contributed by atoms with van der Waals surface area (Å²) in [5.41, 5.74) is 1.90. The number of halogens is 1. The Morgan fingerprint density at radius 2 is 1.89 bits per heavy atom. The summed E-state index contributed by atoms with van der Waals surface area (Å²) in [6.07, 6.45) is 0.211. The van der Waals surface area contributed by atoms with Crippen LogP contribution in [0.25, 0.3) is 0 Å². The fourth-order valence-electron chi connectivity index (χ4n) is 2.56. The van der Waals surface area contributed by atoms with E-state index in [-0.39, 0.29) is 37.4 Å². The summed E-state index contributed by atoms with van der Waals surface area (Å²) in [6, 6.07) is 14.9. The van der Waals surface area contributed by atoms with Gasteiger partial charge in [-0.05, 0) is 48.7 Å². The molecule has 0 heterocycles. The number of nitrogens with one attached hydrogen (secondary N) is 1. The third kappa shape index (κ3) is 8.72. The first-order valence-corrected chi connectivity index (χ1v) is 11.4. The van der Waals surface area contributed by atoms with Crippen LogP contribution in [-0.2, 0) is 11.0 Å². The molecule has 2 aromatic rings. The molecular formula is C20H28ClLiNO4P. The molecule has 0 aliphatic rings. The van der Waals surface area contributed by atoms with Gasteiger partial charge in [-0.3, -0.25) is 4.57 Å². The summed E-state index contributed by atoms with van der Waals surface area (Å²) in [5.74, 6) is 0.582. The van der Waals surface area contributed by atoms with E-state index >= 15 is 0 Å². The van der Waals surface area contributed by atoms with Crippen molar-refractivity contribution in [3.63, 3.8) is 0 Å². The van der Waals surface area contributed by atoms with Gasteiger partial charge < -0.3 is 20.1 Å². The molecule has 28 heavy (non-hydrogen) atoms. The number of aliphatic hydroxyl groups is 1. The number of hydrogen-bond acceptors (Lipinski definition) is 4. The van der Waals surface area contributed by atoms with Gasteiger partial charge in [-0.1, -0.05) is 42.8 Å². The van der Waals surface area contributed by atoms with Crippen molar-refractivity contribution in [1.29, 1.82) is 0 Å². The predicted molar refractivity (Wildman–Crippen MR) is 117 cm³/mol. The van der Waals surface area contributed by atoms with Crippen molar-refractivity contribution in [3.8, 4) is 5.75 Å². The molecule has 3 atom stereocenters.